The number of amides is 5. The first-order chi connectivity index (χ1) is 16.6. The second kappa shape index (κ2) is 9.39. The van der Waals surface area contributed by atoms with Crippen LogP contribution in [0, 0.1) is 0 Å². The normalized spacial score (nSPS) is 16.8. The van der Waals surface area contributed by atoms with Gasteiger partial charge in [-0.25, -0.2) is 14.5 Å². The summed E-state index contributed by atoms with van der Waals surface area (Å²) >= 11 is 0. The lowest BCUT2D eigenvalue weighted by atomic mass is 10.0. The molecular weight excluding hydrogens is 428 g/mol. The minimum absolute atomic E-state index is 0.0730. The predicted molar refractivity (Wildman–Crippen MR) is 131 cm³/mol. The molecule has 0 aliphatic carbocycles. The summed E-state index contributed by atoms with van der Waals surface area (Å²) in [4.78, 5) is 45.7. The van der Waals surface area contributed by atoms with Gasteiger partial charge in [-0.3, -0.25) is 9.69 Å². The number of benzene rings is 3. The van der Waals surface area contributed by atoms with Crippen LogP contribution in [0.15, 0.2) is 91.0 Å². The van der Waals surface area contributed by atoms with Crippen LogP contribution in [0.4, 0.5) is 26.7 Å². The molecule has 5 amide bonds. The summed E-state index contributed by atoms with van der Waals surface area (Å²) < 4.78 is 0. The Bertz CT molecular complexity index is 1120. The van der Waals surface area contributed by atoms with E-state index in [2.05, 4.69) is 0 Å². The molecule has 2 aliphatic rings. The first-order valence-corrected chi connectivity index (χ1v) is 11.5. The molecule has 2 heterocycles. The zero-order chi connectivity index (χ0) is 23.5. The highest BCUT2D eigenvalue weighted by atomic mass is 16.2. The van der Waals surface area contributed by atoms with Crippen LogP contribution >= 0.6 is 0 Å². The van der Waals surface area contributed by atoms with E-state index in [0.29, 0.717) is 31.6 Å². The summed E-state index contributed by atoms with van der Waals surface area (Å²) in [7, 11) is 0. The minimum atomic E-state index is -0.281. The highest BCUT2D eigenvalue weighted by molar-refractivity contribution is 6.19. The number of hydrogen-bond acceptors (Lipinski definition) is 3. The standard InChI is InChI=1S/C27H26N4O3/c32-25-20-29(27(34)31(25)24-14-8-3-9-15-24)21-16-18-28(19-17-21)26(33)30(22-10-4-1-5-11-22)23-12-6-2-7-13-23/h1-15,21H,16-20H2. The van der Waals surface area contributed by atoms with Gasteiger partial charge >= 0.3 is 12.1 Å². The zero-order valence-corrected chi connectivity index (χ0v) is 18.8. The molecule has 0 radical (unpaired) electrons. The number of imide groups is 1. The van der Waals surface area contributed by atoms with E-state index in [4.69, 9.17) is 0 Å². The molecule has 0 saturated carbocycles. The average molecular weight is 455 g/mol. The van der Waals surface area contributed by atoms with Gasteiger partial charge in [-0.15, -0.1) is 0 Å². The van der Waals surface area contributed by atoms with Gasteiger partial charge in [-0.1, -0.05) is 54.6 Å². The van der Waals surface area contributed by atoms with Crippen molar-refractivity contribution in [1.29, 1.82) is 0 Å². The van der Waals surface area contributed by atoms with Crippen molar-refractivity contribution in [3.63, 3.8) is 0 Å². The predicted octanol–water partition coefficient (Wildman–Crippen LogP) is 4.88. The molecule has 2 fully saturated rings. The maximum Gasteiger partial charge on any atom is 0.332 e. The third-order valence-corrected chi connectivity index (χ3v) is 6.40. The van der Waals surface area contributed by atoms with Gasteiger partial charge in [-0.05, 0) is 49.2 Å². The van der Waals surface area contributed by atoms with Gasteiger partial charge in [0.15, 0.2) is 0 Å². The van der Waals surface area contributed by atoms with Gasteiger partial charge in [0.25, 0.3) is 5.91 Å². The number of likely N-dealkylation sites (tertiary alicyclic amines) is 1. The summed E-state index contributed by atoms with van der Waals surface area (Å²) in [6, 6.07) is 27.8. The molecule has 3 aromatic carbocycles. The maximum atomic E-state index is 13.6. The quantitative estimate of drug-likeness (QED) is 0.528. The van der Waals surface area contributed by atoms with Crippen LogP contribution in [0.2, 0.25) is 0 Å². The van der Waals surface area contributed by atoms with Crippen molar-refractivity contribution in [2.24, 2.45) is 0 Å². The summed E-state index contributed by atoms with van der Waals surface area (Å²) in [5, 5.41) is 0. The molecule has 2 aliphatic heterocycles. The fourth-order valence-corrected chi connectivity index (χ4v) is 4.67. The molecule has 0 bridgehead atoms. The number of urea groups is 2. The summed E-state index contributed by atoms with van der Waals surface area (Å²) in [6.45, 7) is 1.11. The molecule has 7 heteroatoms. The van der Waals surface area contributed by atoms with Crippen LogP contribution < -0.4 is 9.80 Å². The fourth-order valence-electron chi connectivity index (χ4n) is 4.67. The van der Waals surface area contributed by atoms with E-state index in [-0.39, 0.29) is 30.6 Å². The van der Waals surface area contributed by atoms with Gasteiger partial charge in [0.05, 0.1) is 17.1 Å². The summed E-state index contributed by atoms with van der Waals surface area (Å²) in [6.07, 6.45) is 1.26. The van der Waals surface area contributed by atoms with Crippen molar-refractivity contribution in [2.45, 2.75) is 18.9 Å². The number of nitrogens with zero attached hydrogens (tertiary/aromatic N) is 4. The highest BCUT2D eigenvalue weighted by Crippen LogP contribution is 2.30. The SMILES string of the molecule is O=C1CN(C2CCN(C(=O)N(c3ccccc3)c3ccccc3)CC2)C(=O)N1c1ccccc1. The number of rotatable bonds is 4. The van der Waals surface area contributed by atoms with E-state index in [1.807, 2.05) is 83.8 Å². The lowest BCUT2D eigenvalue weighted by Gasteiger charge is -2.38. The van der Waals surface area contributed by atoms with E-state index >= 15 is 0 Å². The Labute approximate surface area is 198 Å². The van der Waals surface area contributed by atoms with Crippen molar-refractivity contribution in [1.82, 2.24) is 9.80 Å². The van der Waals surface area contributed by atoms with Gasteiger partial charge < -0.3 is 9.80 Å². The molecule has 2 saturated heterocycles. The topological polar surface area (TPSA) is 64.2 Å². The van der Waals surface area contributed by atoms with Crippen LogP contribution in [-0.4, -0.2) is 53.4 Å². The molecule has 3 aromatic rings. The molecule has 5 rings (SSSR count). The van der Waals surface area contributed by atoms with Gasteiger partial charge in [0.1, 0.15) is 6.54 Å². The van der Waals surface area contributed by atoms with E-state index in [0.717, 1.165) is 11.4 Å². The Kier molecular flexibility index (Phi) is 5.99. The van der Waals surface area contributed by atoms with Crippen LogP contribution in [0.25, 0.3) is 0 Å². The first kappa shape index (κ1) is 21.7. The highest BCUT2D eigenvalue weighted by Gasteiger charge is 2.42. The maximum absolute atomic E-state index is 13.6. The molecule has 34 heavy (non-hydrogen) atoms. The lowest BCUT2D eigenvalue weighted by Crippen LogP contribution is -2.50. The molecule has 0 spiro atoms. The third kappa shape index (κ3) is 4.12. The zero-order valence-electron chi connectivity index (χ0n) is 18.8. The van der Waals surface area contributed by atoms with Crippen molar-refractivity contribution >= 4 is 35.0 Å². The number of piperidine rings is 1. The van der Waals surface area contributed by atoms with Crippen LogP contribution in [0.1, 0.15) is 12.8 Å². The average Bonchev–Trinajstić information content (AvgIpc) is 3.19. The Morgan fingerprint density at radius 2 is 1.24 bits per heavy atom. The van der Waals surface area contributed by atoms with Crippen LogP contribution in [0.5, 0.6) is 0 Å². The Hall–Kier alpha value is -4.13. The second-order valence-electron chi connectivity index (χ2n) is 8.48. The van der Waals surface area contributed by atoms with Gasteiger partial charge in [0, 0.05) is 19.1 Å². The van der Waals surface area contributed by atoms with Gasteiger partial charge in [0.2, 0.25) is 0 Å². The van der Waals surface area contributed by atoms with Gasteiger partial charge in [-0.2, -0.15) is 0 Å². The third-order valence-electron chi connectivity index (χ3n) is 6.40. The molecule has 7 nitrogen and oxygen atoms in total. The first-order valence-electron chi connectivity index (χ1n) is 11.5. The second-order valence-corrected chi connectivity index (χ2v) is 8.48. The number of para-hydroxylation sites is 3. The minimum Gasteiger partial charge on any atom is -0.324 e. The number of hydrogen-bond donors (Lipinski definition) is 0. The van der Waals surface area contributed by atoms with Crippen molar-refractivity contribution in [3.05, 3.63) is 91.0 Å². The van der Waals surface area contributed by atoms with E-state index in [9.17, 15) is 14.4 Å². The number of anilines is 3. The summed E-state index contributed by atoms with van der Waals surface area (Å²) in [5.41, 5.74) is 2.20. The Balaban J connectivity index is 1.29. The van der Waals surface area contributed by atoms with Crippen molar-refractivity contribution in [2.75, 3.05) is 29.4 Å². The fraction of sp³-hybridized carbons (Fsp3) is 0.222. The molecule has 172 valence electrons. The Morgan fingerprint density at radius 3 is 1.76 bits per heavy atom. The monoisotopic (exact) mass is 454 g/mol. The summed E-state index contributed by atoms with van der Waals surface area (Å²) in [5.74, 6) is -0.214. The van der Waals surface area contributed by atoms with E-state index < -0.39 is 0 Å². The van der Waals surface area contributed by atoms with Crippen molar-refractivity contribution in [3.8, 4) is 0 Å². The van der Waals surface area contributed by atoms with E-state index in [1.54, 1.807) is 21.9 Å². The molecular formula is C27H26N4O3. The largest absolute Gasteiger partial charge is 0.332 e. The van der Waals surface area contributed by atoms with Crippen LogP contribution in [-0.2, 0) is 4.79 Å². The number of carbonyl (C=O) groups is 3. The molecule has 0 unspecified atom stereocenters. The van der Waals surface area contributed by atoms with Crippen LogP contribution in [0.3, 0.4) is 0 Å². The molecule has 0 aromatic heterocycles. The lowest BCUT2D eigenvalue weighted by molar-refractivity contribution is -0.116. The smallest absolute Gasteiger partial charge is 0.324 e. The molecule has 0 atom stereocenters. The van der Waals surface area contributed by atoms with E-state index in [1.165, 1.54) is 4.90 Å². The van der Waals surface area contributed by atoms with Crippen molar-refractivity contribution < 1.29 is 14.4 Å². The molecule has 0 N–H and O–H groups in total. The Morgan fingerprint density at radius 1 is 0.735 bits per heavy atom. The number of carbonyl (C=O) groups excluding carboxylic acids is 3.